The summed E-state index contributed by atoms with van der Waals surface area (Å²) in [6.07, 6.45) is 4.89. The monoisotopic (exact) mass is 361 g/mol. The maximum absolute atomic E-state index is 13.1. The molecule has 1 fully saturated rings. The molecule has 7 nitrogen and oxygen atoms in total. The molecule has 0 radical (unpaired) electrons. The fourth-order valence-electron chi connectivity index (χ4n) is 3.76. The Morgan fingerprint density at radius 1 is 1.08 bits per heavy atom. The lowest BCUT2D eigenvalue weighted by molar-refractivity contribution is 0.0636. The molecule has 0 saturated carbocycles. The molecular formula is C19H31N5O2. The number of rotatable bonds is 6. The molecule has 2 aliphatic heterocycles. The number of nitrogens with zero attached hydrogens (tertiary/aromatic N) is 4. The second-order valence-corrected chi connectivity index (χ2v) is 7.18. The molecule has 3 heterocycles. The molecule has 2 aliphatic rings. The maximum atomic E-state index is 13.1. The van der Waals surface area contributed by atoms with E-state index in [1.165, 1.54) is 0 Å². The third-order valence-corrected chi connectivity index (χ3v) is 5.45. The summed E-state index contributed by atoms with van der Waals surface area (Å²) in [6, 6.07) is 0. The molecule has 0 unspecified atom stereocenters. The summed E-state index contributed by atoms with van der Waals surface area (Å²) in [5, 5.41) is 2.94. The van der Waals surface area contributed by atoms with Gasteiger partial charge in [0.2, 0.25) is 0 Å². The molecule has 26 heavy (non-hydrogen) atoms. The summed E-state index contributed by atoms with van der Waals surface area (Å²) in [4.78, 5) is 34.4. The number of aromatic nitrogens is 2. The van der Waals surface area contributed by atoms with Crippen LogP contribution in [0.25, 0.3) is 0 Å². The highest BCUT2D eigenvalue weighted by molar-refractivity contribution is 5.97. The summed E-state index contributed by atoms with van der Waals surface area (Å²) in [6.45, 7) is 9.96. The van der Waals surface area contributed by atoms with E-state index in [2.05, 4.69) is 29.0 Å². The largest absolute Gasteiger partial charge is 0.349 e. The standard InChI is InChI=1S/C19H31N5O2/c1-3-5-9-20-18(25)17-21-16(15-8-6-7-10-24(15)17)19(26)23-13-11-22(4-2)12-14-23/h3-14H2,1-2H3,(H,20,25). The van der Waals surface area contributed by atoms with Gasteiger partial charge in [-0.1, -0.05) is 20.3 Å². The number of imidazole rings is 1. The van der Waals surface area contributed by atoms with E-state index in [1.54, 1.807) is 0 Å². The Bertz CT molecular complexity index is 647. The minimum Gasteiger partial charge on any atom is -0.349 e. The molecule has 0 aromatic carbocycles. The van der Waals surface area contributed by atoms with Crippen LogP contribution in [0, 0.1) is 0 Å². The van der Waals surface area contributed by atoms with Gasteiger partial charge in [0.1, 0.15) is 5.69 Å². The van der Waals surface area contributed by atoms with E-state index in [0.717, 1.165) is 77.1 Å². The van der Waals surface area contributed by atoms with Crippen LogP contribution in [0.4, 0.5) is 0 Å². The van der Waals surface area contributed by atoms with Gasteiger partial charge >= 0.3 is 0 Å². The first-order valence-electron chi connectivity index (χ1n) is 10.0. The van der Waals surface area contributed by atoms with Crippen LogP contribution in [0.15, 0.2) is 0 Å². The maximum Gasteiger partial charge on any atom is 0.287 e. The van der Waals surface area contributed by atoms with E-state index in [4.69, 9.17) is 0 Å². The van der Waals surface area contributed by atoms with Crippen molar-refractivity contribution in [1.29, 1.82) is 0 Å². The van der Waals surface area contributed by atoms with Gasteiger partial charge in [0.05, 0.1) is 5.69 Å². The van der Waals surface area contributed by atoms with Crippen LogP contribution >= 0.6 is 0 Å². The van der Waals surface area contributed by atoms with Gasteiger partial charge in [-0.3, -0.25) is 9.59 Å². The van der Waals surface area contributed by atoms with E-state index in [-0.39, 0.29) is 11.8 Å². The highest BCUT2D eigenvalue weighted by Crippen LogP contribution is 2.23. The first-order chi connectivity index (χ1) is 12.7. The van der Waals surface area contributed by atoms with Gasteiger partial charge in [0.15, 0.2) is 5.82 Å². The lowest BCUT2D eigenvalue weighted by atomic mass is 10.1. The summed E-state index contributed by atoms with van der Waals surface area (Å²) in [5.41, 5.74) is 1.44. The normalized spacial score (nSPS) is 17.8. The lowest BCUT2D eigenvalue weighted by Gasteiger charge is -2.33. The summed E-state index contributed by atoms with van der Waals surface area (Å²) >= 11 is 0. The van der Waals surface area contributed by atoms with Gasteiger partial charge in [0.25, 0.3) is 11.8 Å². The van der Waals surface area contributed by atoms with E-state index in [1.807, 2.05) is 9.47 Å². The predicted octanol–water partition coefficient (Wildman–Crippen LogP) is 1.53. The molecule has 0 spiro atoms. The van der Waals surface area contributed by atoms with Crippen LogP contribution in [0.1, 0.15) is 66.3 Å². The van der Waals surface area contributed by atoms with Crippen LogP contribution in [0.5, 0.6) is 0 Å². The first kappa shape index (κ1) is 18.9. The zero-order chi connectivity index (χ0) is 18.5. The van der Waals surface area contributed by atoms with E-state index in [9.17, 15) is 9.59 Å². The van der Waals surface area contributed by atoms with E-state index >= 15 is 0 Å². The Morgan fingerprint density at radius 2 is 1.85 bits per heavy atom. The molecule has 1 saturated heterocycles. The molecule has 1 aromatic heterocycles. The van der Waals surface area contributed by atoms with Gasteiger partial charge in [-0.2, -0.15) is 0 Å². The third-order valence-electron chi connectivity index (χ3n) is 5.45. The van der Waals surface area contributed by atoms with Crippen molar-refractivity contribution in [3.63, 3.8) is 0 Å². The summed E-state index contributed by atoms with van der Waals surface area (Å²) < 4.78 is 1.97. The lowest BCUT2D eigenvalue weighted by Crippen LogP contribution is -2.48. The molecule has 1 aromatic rings. The SMILES string of the molecule is CCCCNC(=O)c1nc(C(=O)N2CCN(CC)CC2)c2n1CCCC2. The third kappa shape index (κ3) is 3.92. The number of likely N-dealkylation sites (N-methyl/N-ethyl adjacent to an activating group) is 1. The van der Waals surface area contributed by atoms with Crippen LogP contribution < -0.4 is 5.32 Å². The molecule has 0 bridgehead atoms. The zero-order valence-corrected chi connectivity index (χ0v) is 16.1. The number of hydrogen-bond donors (Lipinski definition) is 1. The molecule has 1 N–H and O–H groups in total. The Kier molecular flexibility index (Phi) is 6.29. The molecule has 144 valence electrons. The molecule has 7 heteroatoms. The highest BCUT2D eigenvalue weighted by atomic mass is 16.2. The number of nitrogens with one attached hydrogen (secondary N) is 1. The van der Waals surface area contributed by atoms with E-state index in [0.29, 0.717) is 18.1 Å². The Morgan fingerprint density at radius 3 is 2.54 bits per heavy atom. The highest BCUT2D eigenvalue weighted by Gasteiger charge is 2.30. The van der Waals surface area contributed by atoms with E-state index < -0.39 is 0 Å². The van der Waals surface area contributed by atoms with Crippen molar-refractivity contribution in [2.24, 2.45) is 0 Å². The van der Waals surface area contributed by atoms with Crippen molar-refractivity contribution in [2.45, 2.75) is 52.5 Å². The average molecular weight is 361 g/mol. The Labute approximate surface area is 155 Å². The zero-order valence-electron chi connectivity index (χ0n) is 16.1. The number of carbonyl (C=O) groups is 2. The van der Waals surface area contributed by atoms with Crippen molar-refractivity contribution < 1.29 is 9.59 Å². The first-order valence-corrected chi connectivity index (χ1v) is 10.0. The topological polar surface area (TPSA) is 70.5 Å². The minimum atomic E-state index is -0.156. The van der Waals surface area contributed by atoms with Crippen molar-refractivity contribution in [3.8, 4) is 0 Å². The summed E-state index contributed by atoms with van der Waals surface area (Å²) in [7, 11) is 0. The fraction of sp³-hybridized carbons (Fsp3) is 0.737. The van der Waals surface area contributed by atoms with Crippen LogP contribution in [0.2, 0.25) is 0 Å². The average Bonchev–Trinajstić information content (AvgIpc) is 3.07. The number of amides is 2. The predicted molar refractivity (Wildman–Crippen MR) is 100 cm³/mol. The van der Waals surface area contributed by atoms with Crippen molar-refractivity contribution in [1.82, 2.24) is 24.7 Å². The molecule has 0 aliphatic carbocycles. The number of piperazine rings is 1. The number of unbranched alkanes of at least 4 members (excludes halogenated alkanes) is 1. The van der Waals surface area contributed by atoms with Crippen LogP contribution in [-0.4, -0.2) is 70.4 Å². The Hall–Kier alpha value is -1.89. The quantitative estimate of drug-likeness (QED) is 0.780. The van der Waals surface area contributed by atoms with Crippen LogP contribution in [0.3, 0.4) is 0 Å². The Balaban J connectivity index is 1.79. The van der Waals surface area contributed by atoms with Gasteiger partial charge < -0.3 is 19.7 Å². The van der Waals surface area contributed by atoms with Crippen molar-refractivity contribution in [2.75, 3.05) is 39.3 Å². The molecule has 0 atom stereocenters. The van der Waals surface area contributed by atoms with Gasteiger partial charge in [-0.15, -0.1) is 0 Å². The van der Waals surface area contributed by atoms with Gasteiger partial charge in [-0.05, 0) is 32.2 Å². The molecule has 2 amide bonds. The fourth-order valence-corrected chi connectivity index (χ4v) is 3.76. The van der Waals surface area contributed by atoms with Gasteiger partial charge in [-0.25, -0.2) is 4.98 Å². The number of fused-ring (bicyclic) bond motifs is 1. The number of hydrogen-bond acceptors (Lipinski definition) is 4. The van der Waals surface area contributed by atoms with Crippen molar-refractivity contribution >= 4 is 11.8 Å². The minimum absolute atomic E-state index is 0.0148. The van der Waals surface area contributed by atoms with Gasteiger partial charge in [0, 0.05) is 39.3 Å². The van der Waals surface area contributed by atoms with Crippen LogP contribution in [-0.2, 0) is 13.0 Å². The molecular weight excluding hydrogens is 330 g/mol. The van der Waals surface area contributed by atoms with Crippen molar-refractivity contribution in [3.05, 3.63) is 17.2 Å². The smallest absolute Gasteiger partial charge is 0.287 e. The second kappa shape index (κ2) is 8.66. The number of carbonyl (C=O) groups excluding carboxylic acids is 2. The summed E-state index contributed by atoms with van der Waals surface area (Å²) in [5.74, 6) is 0.238. The second-order valence-electron chi connectivity index (χ2n) is 7.18. The molecule has 3 rings (SSSR count).